The van der Waals surface area contributed by atoms with E-state index >= 15 is 0 Å². The number of nitrogens with one attached hydrogen (secondary N) is 1. The number of halogens is 3. The van der Waals surface area contributed by atoms with Crippen LogP contribution in [0.1, 0.15) is 154 Å². The molecular formula is C46H74F3N3O2S. The van der Waals surface area contributed by atoms with Crippen molar-refractivity contribution in [2.75, 3.05) is 32.0 Å². The van der Waals surface area contributed by atoms with Crippen molar-refractivity contribution >= 4 is 28.8 Å². The van der Waals surface area contributed by atoms with E-state index in [4.69, 9.17) is 0 Å². The summed E-state index contributed by atoms with van der Waals surface area (Å²) in [7, 11) is 2.17. The second-order valence-electron chi connectivity index (χ2n) is 13.6. The molecule has 0 saturated carbocycles. The Hall–Kier alpha value is -3.43. The Bertz CT molecular complexity index is 1490. The molecular weight excluding hydrogens is 716 g/mol. The Morgan fingerprint density at radius 1 is 0.909 bits per heavy atom. The lowest BCUT2D eigenvalue weighted by atomic mass is 10.0. The SMILES string of the molecule is C/C=C(\C)C(=O)N1CCc2c(C(=O)Nc3cc(CC)cc(C(F)(F)F)c3)csc2C1.C/C=C\C=C/C(C)=C(C)CC.CCC.CCC.CCCN(C)CCC. The highest BCUT2D eigenvalue weighted by Gasteiger charge is 2.32. The smallest absolute Gasteiger partial charge is 0.333 e. The topological polar surface area (TPSA) is 52.7 Å². The summed E-state index contributed by atoms with van der Waals surface area (Å²) in [4.78, 5) is 30.2. The summed E-state index contributed by atoms with van der Waals surface area (Å²) < 4.78 is 39.5. The van der Waals surface area contributed by atoms with Gasteiger partial charge in [0.25, 0.3) is 5.91 Å². The van der Waals surface area contributed by atoms with Crippen LogP contribution in [0, 0.1) is 0 Å². The molecule has 1 aromatic heterocycles. The molecule has 0 spiro atoms. The van der Waals surface area contributed by atoms with Crippen LogP contribution in [0.15, 0.2) is 70.7 Å². The first-order valence-corrected chi connectivity index (χ1v) is 21.1. The number of carbonyl (C=O) groups excluding carboxylic acids is 2. The first-order valence-electron chi connectivity index (χ1n) is 20.2. The number of thiophene rings is 1. The largest absolute Gasteiger partial charge is 0.416 e. The van der Waals surface area contributed by atoms with Gasteiger partial charge in [-0.15, -0.1) is 11.3 Å². The maximum absolute atomic E-state index is 13.2. The van der Waals surface area contributed by atoms with Gasteiger partial charge in [-0.25, -0.2) is 0 Å². The van der Waals surface area contributed by atoms with Crippen LogP contribution in [-0.4, -0.2) is 48.3 Å². The van der Waals surface area contributed by atoms with Crippen molar-refractivity contribution in [1.82, 2.24) is 9.80 Å². The molecule has 0 aliphatic carbocycles. The normalized spacial score (nSPS) is 13.0. The van der Waals surface area contributed by atoms with E-state index in [9.17, 15) is 22.8 Å². The van der Waals surface area contributed by atoms with Gasteiger partial charge in [-0.2, -0.15) is 13.2 Å². The average molecular weight is 790 g/mol. The van der Waals surface area contributed by atoms with Gasteiger partial charge < -0.3 is 15.1 Å². The second kappa shape index (κ2) is 30.7. The molecule has 9 heteroatoms. The number of hydrogen-bond donors (Lipinski definition) is 1. The lowest BCUT2D eigenvalue weighted by Crippen LogP contribution is -2.36. The third-order valence-electron chi connectivity index (χ3n) is 8.30. The van der Waals surface area contributed by atoms with E-state index in [-0.39, 0.29) is 11.6 Å². The van der Waals surface area contributed by atoms with E-state index < -0.39 is 17.6 Å². The zero-order valence-electron chi connectivity index (χ0n) is 36.7. The molecule has 1 aliphatic rings. The van der Waals surface area contributed by atoms with Crippen molar-refractivity contribution in [3.05, 3.63) is 97.8 Å². The van der Waals surface area contributed by atoms with Gasteiger partial charge in [-0.3, -0.25) is 9.59 Å². The van der Waals surface area contributed by atoms with E-state index in [0.29, 0.717) is 42.6 Å². The molecule has 2 aromatic rings. The highest BCUT2D eigenvalue weighted by molar-refractivity contribution is 7.10. The van der Waals surface area contributed by atoms with Crippen LogP contribution in [0.3, 0.4) is 0 Å². The third kappa shape index (κ3) is 22.0. The van der Waals surface area contributed by atoms with Crippen LogP contribution in [0.2, 0.25) is 0 Å². The van der Waals surface area contributed by atoms with Crippen LogP contribution in [0.25, 0.3) is 0 Å². The number of alkyl halides is 3. The van der Waals surface area contributed by atoms with Crippen LogP contribution >= 0.6 is 11.3 Å². The van der Waals surface area contributed by atoms with E-state index in [2.05, 4.69) is 91.7 Å². The molecule has 55 heavy (non-hydrogen) atoms. The van der Waals surface area contributed by atoms with Crippen molar-refractivity contribution in [2.45, 2.75) is 148 Å². The summed E-state index contributed by atoms with van der Waals surface area (Å²) >= 11 is 1.39. The summed E-state index contributed by atoms with van der Waals surface area (Å²) in [6, 6.07) is 3.61. The molecule has 0 saturated heterocycles. The number of carbonyl (C=O) groups is 2. The predicted octanol–water partition coefficient (Wildman–Crippen LogP) is 13.9. The first-order chi connectivity index (χ1) is 26.0. The van der Waals surface area contributed by atoms with Crippen LogP contribution in [0.5, 0.6) is 0 Å². The lowest BCUT2D eigenvalue weighted by Gasteiger charge is -2.27. The number of hydrogen-bond acceptors (Lipinski definition) is 4. The van der Waals surface area contributed by atoms with Gasteiger partial charge in [0, 0.05) is 28.1 Å². The molecule has 0 bridgehead atoms. The molecule has 0 fully saturated rings. The number of rotatable bonds is 11. The number of anilines is 1. The number of fused-ring (bicyclic) bond motifs is 1. The summed E-state index contributed by atoms with van der Waals surface area (Å²) in [5.41, 5.74) is 4.69. The zero-order valence-corrected chi connectivity index (χ0v) is 37.5. The molecule has 3 rings (SSSR count). The maximum atomic E-state index is 13.2. The zero-order chi connectivity index (χ0) is 42.6. The number of allylic oxidation sites excluding steroid dienone is 7. The van der Waals surface area contributed by atoms with Crippen LogP contribution in [-0.2, 0) is 30.4 Å². The molecule has 0 radical (unpaired) electrons. The summed E-state index contributed by atoms with van der Waals surface area (Å²) in [6.07, 6.45) is 12.8. The molecule has 2 amide bonds. The molecule has 1 aromatic carbocycles. The molecule has 2 heterocycles. The Morgan fingerprint density at radius 3 is 1.96 bits per heavy atom. The molecule has 312 valence electrons. The second-order valence-corrected chi connectivity index (χ2v) is 14.6. The molecule has 0 atom stereocenters. The van der Waals surface area contributed by atoms with Gasteiger partial charge in [0.05, 0.1) is 17.7 Å². The van der Waals surface area contributed by atoms with Crippen molar-refractivity contribution in [2.24, 2.45) is 0 Å². The average Bonchev–Trinajstić information content (AvgIpc) is 3.58. The molecule has 1 N–H and O–H groups in total. The summed E-state index contributed by atoms with van der Waals surface area (Å²) in [5, 5.41) is 4.33. The quantitative estimate of drug-likeness (QED) is 0.182. The van der Waals surface area contributed by atoms with Gasteiger partial charge >= 0.3 is 6.18 Å². The Labute approximate surface area is 337 Å². The highest BCUT2D eigenvalue weighted by atomic mass is 32.1. The van der Waals surface area contributed by atoms with Crippen molar-refractivity contribution < 1.29 is 22.8 Å². The fraction of sp³-hybridized carbons (Fsp3) is 0.565. The molecule has 0 unspecified atom stereocenters. The summed E-state index contributed by atoms with van der Waals surface area (Å²) in [6.45, 7) is 30.2. The Balaban J connectivity index is 0. The number of aryl methyl sites for hydroxylation is 1. The minimum atomic E-state index is -4.48. The third-order valence-corrected chi connectivity index (χ3v) is 9.31. The maximum Gasteiger partial charge on any atom is 0.416 e. The van der Waals surface area contributed by atoms with Gasteiger partial charge in [0.1, 0.15) is 0 Å². The van der Waals surface area contributed by atoms with E-state index in [0.717, 1.165) is 29.0 Å². The monoisotopic (exact) mass is 790 g/mol. The predicted molar refractivity (Wildman–Crippen MR) is 234 cm³/mol. The first kappa shape index (κ1) is 53.7. The number of nitrogens with zero attached hydrogens (tertiary/aromatic N) is 2. The Morgan fingerprint density at radius 2 is 1.49 bits per heavy atom. The Kier molecular flexibility index (Phi) is 30.0. The highest BCUT2D eigenvalue weighted by Crippen LogP contribution is 2.33. The van der Waals surface area contributed by atoms with Gasteiger partial charge in [0.15, 0.2) is 0 Å². The van der Waals surface area contributed by atoms with Crippen molar-refractivity contribution in [3.63, 3.8) is 0 Å². The van der Waals surface area contributed by atoms with E-state index in [1.54, 1.807) is 36.3 Å². The number of benzene rings is 1. The summed E-state index contributed by atoms with van der Waals surface area (Å²) in [5.74, 6) is -0.461. The van der Waals surface area contributed by atoms with E-state index in [1.165, 1.54) is 61.3 Å². The van der Waals surface area contributed by atoms with Crippen molar-refractivity contribution in [3.8, 4) is 0 Å². The fourth-order valence-electron chi connectivity index (χ4n) is 5.00. The van der Waals surface area contributed by atoms with Gasteiger partial charge in [0.2, 0.25) is 5.91 Å². The minimum absolute atomic E-state index is 0.0291. The fourth-order valence-corrected chi connectivity index (χ4v) is 6.10. The standard InChI is InChI=1S/C22H23F3N2O2S.C11H18.C7H17N.2C3H8/c1-4-13(3)21(29)27-7-6-17-18(12-30-19(17)11-27)20(28)26-16-9-14(5-2)8-15(10-16)22(23,24)25;1-5-7-8-9-11(4)10(3)6-2;1-4-6-8(3)7-5-2;2*1-3-2/h4,8-10,12H,5-7,11H2,1-3H3,(H,26,28);5,7-9H,6H2,1-4H3;4-7H2,1-3H3;2*3H2,1-2H3/b13-4+;7-5-,9-8-,11-10?;;;. The minimum Gasteiger partial charge on any atom is -0.333 e. The van der Waals surface area contributed by atoms with Crippen molar-refractivity contribution in [1.29, 1.82) is 0 Å². The van der Waals surface area contributed by atoms with Crippen LogP contribution < -0.4 is 5.32 Å². The van der Waals surface area contributed by atoms with Gasteiger partial charge in [-0.05, 0) is 116 Å². The van der Waals surface area contributed by atoms with Gasteiger partial charge in [-0.1, -0.05) is 110 Å². The lowest BCUT2D eigenvalue weighted by molar-refractivity contribution is -0.137. The molecule has 1 aliphatic heterocycles. The van der Waals surface area contributed by atoms with E-state index in [1.807, 2.05) is 26.0 Å². The number of amides is 2. The van der Waals surface area contributed by atoms with Crippen LogP contribution in [0.4, 0.5) is 18.9 Å². The molecule has 5 nitrogen and oxygen atoms in total.